The summed E-state index contributed by atoms with van der Waals surface area (Å²) in [6, 6.07) is 0.0167. The topological polar surface area (TPSA) is 73.6 Å². The molecule has 5 nitrogen and oxygen atoms in total. The van der Waals surface area contributed by atoms with Crippen molar-refractivity contribution in [2.45, 2.75) is 38.0 Å². The Morgan fingerprint density at radius 2 is 2.40 bits per heavy atom. The Hall–Kier alpha value is -0.650. The molecular weight excluding hydrogens is 196 g/mol. The van der Waals surface area contributed by atoms with Crippen molar-refractivity contribution in [2.24, 2.45) is 5.73 Å². The molecule has 0 aromatic carbocycles. The van der Waals surface area contributed by atoms with Crippen molar-refractivity contribution in [3.05, 3.63) is 0 Å². The maximum Gasteiger partial charge on any atom is 0.249 e. The van der Waals surface area contributed by atoms with Crippen LogP contribution in [0.5, 0.6) is 0 Å². The molecule has 0 aromatic rings. The van der Waals surface area contributed by atoms with Gasteiger partial charge in [-0.3, -0.25) is 4.79 Å². The summed E-state index contributed by atoms with van der Waals surface area (Å²) < 4.78 is 10.4. The van der Waals surface area contributed by atoms with Gasteiger partial charge in [-0.1, -0.05) is 0 Å². The summed E-state index contributed by atoms with van der Waals surface area (Å²) in [5, 5.41) is 2.84. The predicted molar refractivity (Wildman–Crippen MR) is 56.4 cm³/mol. The molecule has 0 aliphatic carbocycles. The summed E-state index contributed by atoms with van der Waals surface area (Å²) in [6.07, 6.45) is 1.33. The van der Waals surface area contributed by atoms with Crippen molar-refractivity contribution in [3.8, 4) is 0 Å². The molecule has 0 aromatic heterocycles. The first-order chi connectivity index (χ1) is 7.17. The smallest absolute Gasteiger partial charge is 0.249 e. The highest BCUT2D eigenvalue weighted by atomic mass is 16.5. The Labute approximate surface area is 90.3 Å². The molecule has 88 valence electrons. The lowest BCUT2D eigenvalue weighted by Gasteiger charge is -2.16. The minimum absolute atomic E-state index is 0.0167. The normalized spacial score (nSPS) is 27.7. The molecule has 3 unspecified atom stereocenters. The number of nitrogens with one attached hydrogen (secondary N) is 1. The Bertz CT molecular complexity index is 211. The fourth-order valence-corrected chi connectivity index (χ4v) is 1.70. The Morgan fingerprint density at radius 1 is 1.67 bits per heavy atom. The second kappa shape index (κ2) is 6.05. The van der Waals surface area contributed by atoms with E-state index in [1.165, 1.54) is 0 Å². The molecular formula is C10H20N2O3. The number of hydrogen-bond donors (Lipinski definition) is 2. The van der Waals surface area contributed by atoms with Crippen LogP contribution in [0.15, 0.2) is 0 Å². The molecule has 0 saturated carbocycles. The molecule has 1 amide bonds. The van der Waals surface area contributed by atoms with Crippen LogP contribution < -0.4 is 11.1 Å². The number of amides is 1. The van der Waals surface area contributed by atoms with Gasteiger partial charge in [0.05, 0.1) is 12.7 Å². The lowest BCUT2D eigenvalue weighted by molar-refractivity contribution is -0.132. The van der Waals surface area contributed by atoms with Gasteiger partial charge in [0, 0.05) is 19.7 Å². The van der Waals surface area contributed by atoms with Crippen LogP contribution >= 0.6 is 0 Å². The van der Waals surface area contributed by atoms with E-state index in [1.807, 2.05) is 6.92 Å². The molecule has 1 heterocycles. The third-order valence-electron chi connectivity index (χ3n) is 2.47. The van der Waals surface area contributed by atoms with E-state index in [4.69, 9.17) is 15.2 Å². The number of carbonyl (C=O) groups excluding carboxylic acids is 1. The van der Waals surface area contributed by atoms with Crippen LogP contribution in [-0.2, 0) is 14.3 Å². The van der Waals surface area contributed by atoms with Gasteiger partial charge in [0.15, 0.2) is 0 Å². The molecule has 3 atom stereocenters. The highest BCUT2D eigenvalue weighted by molar-refractivity contribution is 5.81. The van der Waals surface area contributed by atoms with Gasteiger partial charge in [-0.05, 0) is 19.8 Å². The Kier molecular flexibility index (Phi) is 5.01. The quantitative estimate of drug-likeness (QED) is 0.658. The fraction of sp³-hybridized carbons (Fsp3) is 0.900. The average molecular weight is 216 g/mol. The summed E-state index contributed by atoms with van der Waals surface area (Å²) in [4.78, 5) is 11.7. The highest BCUT2D eigenvalue weighted by Crippen LogP contribution is 2.18. The van der Waals surface area contributed by atoms with E-state index in [2.05, 4.69) is 5.32 Å². The van der Waals surface area contributed by atoms with E-state index in [1.54, 1.807) is 7.11 Å². The van der Waals surface area contributed by atoms with Crippen molar-refractivity contribution in [2.75, 3.05) is 20.3 Å². The van der Waals surface area contributed by atoms with Gasteiger partial charge in [-0.25, -0.2) is 0 Å². The van der Waals surface area contributed by atoms with Gasteiger partial charge in [-0.15, -0.1) is 0 Å². The second-order valence-corrected chi connectivity index (χ2v) is 3.92. The van der Waals surface area contributed by atoms with Gasteiger partial charge < -0.3 is 20.5 Å². The minimum atomic E-state index is -0.335. The standard InChI is InChI=1S/C10H20N2O3/c1-7(6-14-2)12-10(13)9-4-3-8(5-11)15-9/h7-9H,3-6,11H2,1-2H3,(H,12,13). The second-order valence-electron chi connectivity index (χ2n) is 3.92. The van der Waals surface area contributed by atoms with E-state index in [0.29, 0.717) is 13.2 Å². The fourth-order valence-electron chi connectivity index (χ4n) is 1.70. The number of hydrogen-bond acceptors (Lipinski definition) is 4. The molecule has 1 aliphatic heterocycles. The van der Waals surface area contributed by atoms with Crippen LogP contribution in [0.4, 0.5) is 0 Å². The molecule has 5 heteroatoms. The zero-order valence-electron chi connectivity index (χ0n) is 9.36. The van der Waals surface area contributed by atoms with Crippen LogP contribution in [0.3, 0.4) is 0 Å². The number of ether oxygens (including phenoxy) is 2. The summed E-state index contributed by atoms with van der Waals surface area (Å²) in [6.45, 7) is 2.90. The first-order valence-electron chi connectivity index (χ1n) is 5.32. The molecule has 1 fully saturated rings. The third-order valence-corrected chi connectivity index (χ3v) is 2.47. The average Bonchev–Trinajstić information content (AvgIpc) is 2.66. The van der Waals surface area contributed by atoms with Crippen molar-refractivity contribution < 1.29 is 14.3 Å². The minimum Gasteiger partial charge on any atom is -0.383 e. The van der Waals surface area contributed by atoms with Crippen molar-refractivity contribution in [1.82, 2.24) is 5.32 Å². The predicted octanol–water partition coefficient (Wildman–Crippen LogP) is -0.356. The summed E-state index contributed by atoms with van der Waals surface area (Å²) in [5.41, 5.74) is 5.47. The lowest BCUT2D eigenvalue weighted by atomic mass is 10.2. The molecule has 1 aliphatic rings. The Balaban J connectivity index is 2.29. The largest absolute Gasteiger partial charge is 0.383 e. The van der Waals surface area contributed by atoms with Crippen LogP contribution in [0.1, 0.15) is 19.8 Å². The van der Waals surface area contributed by atoms with Gasteiger partial charge in [0.25, 0.3) is 0 Å². The Morgan fingerprint density at radius 3 is 2.93 bits per heavy atom. The SMILES string of the molecule is COCC(C)NC(=O)C1CCC(CN)O1. The molecule has 0 radical (unpaired) electrons. The van der Waals surface area contributed by atoms with Gasteiger partial charge in [-0.2, -0.15) is 0 Å². The molecule has 1 saturated heterocycles. The summed E-state index contributed by atoms with van der Waals surface area (Å²) >= 11 is 0. The van der Waals surface area contributed by atoms with Crippen molar-refractivity contribution in [3.63, 3.8) is 0 Å². The number of nitrogens with two attached hydrogens (primary N) is 1. The van der Waals surface area contributed by atoms with E-state index in [0.717, 1.165) is 12.8 Å². The van der Waals surface area contributed by atoms with Crippen LogP contribution in [0.25, 0.3) is 0 Å². The lowest BCUT2D eigenvalue weighted by Crippen LogP contribution is -2.42. The number of carbonyl (C=O) groups is 1. The summed E-state index contributed by atoms with van der Waals surface area (Å²) in [5.74, 6) is -0.0597. The van der Waals surface area contributed by atoms with Gasteiger partial charge in [0.2, 0.25) is 5.91 Å². The maximum absolute atomic E-state index is 11.7. The van der Waals surface area contributed by atoms with E-state index < -0.39 is 0 Å². The number of methoxy groups -OCH3 is 1. The first kappa shape index (κ1) is 12.4. The molecule has 15 heavy (non-hydrogen) atoms. The van der Waals surface area contributed by atoms with Crippen LogP contribution in [-0.4, -0.2) is 44.4 Å². The van der Waals surface area contributed by atoms with E-state index in [-0.39, 0.29) is 24.2 Å². The van der Waals surface area contributed by atoms with Crippen molar-refractivity contribution in [1.29, 1.82) is 0 Å². The zero-order chi connectivity index (χ0) is 11.3. The zero-order valence-corrected chi connectivity index (χ0v) is 9.36. The molecule has 3 N–H and O–H groups in total. The first-order valence-corrected chi connectivity index (χ1v) is 5.32. The molecule has 0 bridgehead atoms. The van der Waals surface area contributed by atoms with Crippen LogP contribution in [0.2, 0.25) is 0 Å². The molecule has 0 spiro atoms. The highest BCUT2D eigenvalue weighted by Gasteiger charge is 2.30. The summed E-state index contributed by atoms with van der Waals surface area (Å²) in [7, 11) is 1.61. The molecule has 1 rings (SSSR count). The third kappa shape index (κ3) is 3.77. The van der Waals surface area contributed by atoms with E-state index in [9.17, 15) is 4.79 Å². The van der Waals surface area contributed by atoms with E-state index >= 15 is 0 Å². The van der Waals surface area contributed by atoms with Gasteiger partial charge in [0.1, 0.15) is 6.10 Å². The number of rotatable bonds is 5. The van der Waals surface area contributed by atoms with Gasteiger partial charge >= 0.3 is 0 Å². The van der Waals surface area contributed by atoms with Crippen LogP contribution in [0, 0.1) is 0 Å². The van der Waals surface area contributed by atoms with Crippen molar-refractivity contribution >= 4 is 5.91 Å². The maximum atomic E-state index is 11.7. The monoisotopic (exact) mass is 216 g/mol.